The van der Waals surface area contributed by atoms with Crippen LogP contribution in [0.5, 0.6) is 5.75 Å². The topological polar surface area (TPSA) is 29.5 Å². The number of amides is 1. The maximum Gasteiger partial charge on any atom is 0.254 e. The second-order valence-corrected chi connectivity index (χ2v) is 6.15. The minimum atomic E-state index is -0.000956. The van der Waals surface area contributed by atoms with Crippen LogP contribution >= 0.6 is 27.5 Å². The summed E-state index contributed by atoms with van der Waals surface area (Å²) in [5.41, 5.74) is 0.670. The molecule has 0 aromatic heterocycles. The molecule has 1 amide bonds. The van der Waals surface area contributed by atoms with Gasteiger partial charge in [-0.1, -0.05) is 23.7 Å². The second-order valence-electron chi connectivity index (χ2n) is 4.86. The maximum absolute atomic E-state index is 12.3. The highest BCUT2D eigenvalue weighted by molar-refractivity contribution is 9.10. The lowest BCUT2D eigenvalue weighted by Crippen LogP contribution is -2.28. The first-order valence-corrected chi connectivity index (χ1v) is 8.13. The van der Waals surface area contributed by atoms with Crippen LogP contribution in [0.4, 0.5) is 0 Å². The van der Waals surface area contributed by atoms with Crippen molar-refractivity contribution in [3.8, 4) is 5.75 Å². The highest BCUT2D eigenvalue weighted by atomic mass is 79.9. The molecule has 22 heavy (non-hydrogen) atoms. The predicted octanol–water partition coefficient (Wildman–Crippen LogP) is 4.64. The molecule has 0 bridgehead atoms. The number of carbonyl (C=O) groups excluding carboxylic acids is 1. The Morgan fingerprint density at radius 1 is 1.18 bits per heavy atom. The molecular formula is C17H17BrClNO2. The van der Waals surface area contributed by atoms with Gasteiger partial charge in [-0.25, -0.2) is 0 Å². The lowest BCUT2D eigenvalue weighted by Gasteiger charge is -2.18. The van der Waals surface area contributed by atoms with E-state index in [1.54, 1.807) is 24.1 Å². The molecule has 0 aliphatic rings. The summed E-state index contributed by atoms with van der Waals surface area (Å²) in [5.74, 6) is 0.781. The van der Waals surface area contributed by atoms with Gasteiger partial charge < -0.3 is 9.64 Å². The molecule has 0 saturated heterocycles. The lowest BCUT2D eigenvalue weighted by molar-refractivity contribution is 0.0787. The van der Waals surface area contributed by atoms with Crippen molar-refractivity contribution in [1.29, 1.82) is 0 Å². The number of hydrogen-bond donors (Lipinski definition) is 0. The predicted molar refractivity (Wildman–Crippen MR) is 92.7 cm³/mol. The van der Waals surface area contributed by atoms with E-state index in [-0.39, 0.29) is 5.91 Å². The minimum Gasteiger partial charge on any atom is -0.494 e. The molecule has 0 saturated carbocycles. The zero-order chi connectivity index (χ0) is 15.9. The number of carbonyl (C=O) groups is 1. The van der Waals surface area contributed by atoms with Gasteiger partial charge in [0.2, 0.25) is 0 Å². The van der Waals surface area contributed by atoms with Gasteiger partial charge in [-0.2, -0.15) is 0 Å². The Morgan fingerprint density at radius 2 is 1.86 bits per heavy atom. The number of benzene rings is 2. The first-order valence-electron chi connectivity index (χ1n) is 6.96. The fraction of sp³-hybridized carbons (Fsp3) is 0.235. The van der Waals surface area contributed by atoms with E-state index in [4.69, 9.17) is 16.3 Å². The molecule has 0 aliphatic carbocycles. The van der Waals surface area contributed by atoms with Crippen LogP contribution < -0.4 is 4.74 Å². The van der Waals surface area contributed by atoms with E-state index in [1.807, 2.05) is 36.4 Å². The third kappa shape index (κ3) is 4.75. The molecule has 0 spiro atoms. The molecule has 0 heterocycles. The van der Waals surface area contributed by atoms with Crippen LogP contribution in [-0.4, -0.2) is 31.0 Å². The van der Waals surface area contributed by atoms with Crippen LogP contribution in [0.1, 0.15) is 16.8 Å². The average Bonchev–Trinajstić information content (AvgIpc) is 2.53. The van der Waals surface area contributed by atoms with Gasteiger partial charge in [-0.3, -0.25) is 4.79 Å². The molecule has 0 radical (unpaired) electrons. The summed E-state index contributed by atoms with van der Waals surface area (Å²) in [6.45, 7) is 1.18. The molecule has 2 aromatic rings. The van der Waals surface area contributed by atoms with E-state index in [9.17, 15) is 4.79 Å². The molecule has 0 aliphatic heterocycles. The highest BCUT2D eigenvalue weighted by Crippen LogP contribution is 2.18. The summed E-state index contributed by atoms with van der Waals surface area (Å²) in [6.07, 6.45) is 0.759. The van der Waals surface area contributed by atoms with Gasteiger partial charge in [0.05, 0.1) is 12.2 Å². The number of ether oxygens (including phenoxy) is 1. The van der Waals surface area contributed by atoms with E-state index in [2.05, 4.69) is 15.9 Å². The van der Waals surface area contributed by atoms with Gasteiger partial charge in [-0.05, 0) is 58.7 Å². The van der Waals surface area contributed by atoms with Gasteiger partial charge in [0.25, 0.3) is 5.91 Å². The van der Waals surface area contributed by atoms with Crippen LogP contribution in [0.3, 0.4) is 0 Å². The Bertz CT molecular complexity index is 631. The minimum absolute atomic E-state index is 0.000956. The summed E-state index contributed by atoms with van der Waals surface area (Å²) < 4.78 is 6.42. The largest absolute Gasteiger partial charge is 0.494 e. The fourth-order valence-electron chi connectivity index (χ4n) is 1.96. The van der Waals surface area contributed by atoms with E-state index < -0.39 is 0 Å². The van der Waals surface area contributed by atoms with Crippen molar-refractivity contribution in [2.45, 2.75) is 6.42 Å². The van der Waals surface area contributed by atoms with Gasteiger partial charge in [0.15, 0.2) is 0 Å². The van der Waals surface area contributed by atoms with Crippen molar-refractivity contribution in [3.05, 3.63) is 63.6 Å². The van der Waals surface area contributed by atoms with Crippen LogP contribution in [0.2, 0.25) is 5.02 Å². The lowest BCUT2D eigenvalue weighted by atomic mass is 10.2. The second kappa shape index (κ2) is 8.20. The van der Waals surface area contributed by atoms with E-state index in [0.29, 0.717) is 23.7 Å². The van der Waals surface area contributed by atoms with Crippen molar-refractivity contribution in [2.24, 2.45) is 0 Å². The molecule has 0 unspecified atom stereocenters. The summed E-state index contributed by atoms with van der Waals surface area (Å²) in [5, 5.41) is 0.686. The van der Waals surface area contributed by atoms with E-state index in [1.165, 1.54) is 0 Å². The fourth-order valence-corrected chi connectivity index (χ4v) is 2.54. The normalized spacial score (nSPS) is 10.3. The number of hydrogen-bond acceptors (Lipinski definition) is 2. The van der Waals surface area contributed by atoms with Crippen LogP contribution in [0, 0.1) is 0 Å². The summed E-state index contributed by atoms with van der Waals surface area (Å²) >= 11 is 9.22. The molecule has 0 atom stereocenters. The van der Waals surface area contributed by atoms with E-state index >= 15 is 0 Å². The third-order valence-electron chi connectivity index (χ3n) is 3.17. The molecule has 2 rings (SSSR count). The molecular weight excluding hydrogens is 366 g/mol. The van der Waals surface area contributed by atoms with Gasteiger partial charge in [-0.15, -0.1) is 0 Å². The smallest absolute Gasteiger partial charge is 0.254 e. The van der Waals surface area contributed by atoms with Crippen molar-refractivity contribution < 1.29 is 9.53 Å². The van der Waals surface area contributed by atoms with Gasteiger partial charge in [0, 0.05) is 23.1 Å². The number of rotatable bonds is 6. The first-order chi connectivity index (χ1) is 10.6. The van der Waals surface area contributed by atoms with Crippen LogP contribution in [0.15, 0.2) is 53.0 Å². The van der Waals surface area contributed by atoms with Crippen molar-refractivity contribution >= 4 is 33.4 Å². The Kier molecular flexibility index (Phi) is 6.28. The van der Waals surface area contributed by atoms with Crippen molar-refractivity contribution in [1.82, 2.24) is 4.90 Å². The Hall–Kier alpha value is -1.52. The molecule has 0 fully saturated rings. The van der Waals surface area contributed by atoms with Crippen LogP contribution in [-0.2, 0) is 0 Å². The van der Waals surface area contributed by atoms with Crippen LogP contribution in [0.25, 0.3) is 0 Å². The quantitative estimate of drug-likeness (QED) is 0.681. The Labute approximate surface area is 144 Å². The van der Waals surface area contributed by atoms with Gasteiger partial charge in [0.1, 0.15) is 5.75 Å². The maximum atomic E-state index is 12.3. The summed E-state index contributed by atoms with van der Waals surface area (Å²) in [4.78, 5) is 14.0. The van der Waals surface area contributed by atoms with Gasteiger partial charge >= 0.3 is 0 Å². The molecule has 2 aromatic carbocycles. The first kappa shape index (κ1) is 16.8. The standard InChI is InChI=1S/C17H17BrClNO2/c1-20(17(21)15-5-2-3-6-16(15)18)11-4-12-22-14-9-7-13(19)8-10-14/h2-3,5-10H,4,11-12H2,1H3. The average molecular weight is 383 g/mol. The van der Waals surface area contributed by atoms with Crippen molar-refractivity contribution in [2.75, 3.05) is 20.2 Å². The highest BCUT2D eigenvalue weighted by Gasteiger charge is 2.13. The monoisotopic (exact) mass is 381 g/mol. The summed E-state index contributed by atoms with van der Waals surface area (Å²) in [7, 11) is 1.80. The third-order valence-corrected chi connectivity index (χ3v) is 4.11. The Balaban J connectivity index is 1.78. The zero-order valence-corrected chi connectivity index (χ0v) is 14.6. The van der Waals surface area contributed by atoms with Crippen molar-refractivity contribution in [3.63, 3.8) is 0 Å². The molecule has 0 N–H and O–H groups in total. The zero-order valence-electron chi connectivity index (χ0n) is 12.3. The number of halogens is 2. The summed E-state index contributed by atoms with van der Waals surface area (Å²) in [6, 6.07) is 14.7. The van der Waals surface area contributed by atoms with E-state index in [0.717, 1.165) is 16.6 Å². The molecule has 5 heteroatoms. The number of nitrogens with zero attached hydrogens (tertiary/aromatic N) is 1. The molecule has 116 valence electrons. The SMILES string of the molecule is CN(CCCOc1ccc(Cl)cc1)C(=O)c1ccccc1Br. The molecule has 3 nitrogen and oxygen atoms in total. The Morgan fingerprint density at radius 3 is 2.55 bits per heavy atom.